The lowest BCUT2D eigenvalue weighted by Gasteiger charge is -2.02. The second-order valence-corrected chi connectivity index (χ2v) is 7.01. The summed E-state index contributed by atoms with van der Waals surface area (Å²) in [6.07, 6.45) is 3.35. The van der Waals surface area contributed by atoms with E-state index in [-0.39, 0.29) is 0 Å². The van der Waals surface area contributed by atoms with E-state index in [0.29, 0.717) is 31.7 Å². The Morgan fingerprint density at radius 2 is 1.19 bits per heavy atom. The molecule has 0 aliphatic carbocycles. The Bertz CT molecular complexity index is 1100. The van der Waals surface area contributed by atoms with Crippen molar-refractivity contribution in [2.75, 3.05) is 11.5 Å². The zero-order valence-corrected chi connectivity index (χ0v) is 16.2. The zero-order chi connectivity index (χ0) is 18.8. The summed E-state index contributed by atoms with van der Waals surface area (Å²) >= 11 is 23.5. The molecule has 0 saturated heterocycles. The molecule has 4 rings (SSSR count). The number of benzene rings is 2. The number of anilines is 2. The number of aromatic nitrogens is 2. The van der Waals surface area contributed by atoms with E-state index in [1.54, 1.807) is 42.7 Å². The molecule has 0 fully saturated rings. The maximum atomic E-state index is 5.98. The quantitative estimate of drug-likeness (QED) is 0.349. The van der Waals surface area contributed by atoms with Gasteiger partial charge in [0.2, 0.25) is 0 Å². The van der Waals surface area contributed by atoms with Crippen LogP contribution in [0.15, 0.2) is 48.8 Å². The molecule has 0 atom stereocenters. The molecule has 8 heteroatoms. The predicted molar refractivity (Wildman–Crippen MR) is 112 cm³/mol. The topological polar surface area (TPSA) is 77.8 Å². The van der Waals surface area contributed by atoms with Gasteiger partial charge in [-0.2, -0.15) is 0 Å². The molecule has 0 aliphatic heterocycles. The summed E-state index contributed by atoms with van der Waals surface area (Å²) in [5, 5.41) is 5.75. The Labute approximate surface area is 169 Å². The lowest BCUT2D eigenvalue weighted by Crippen LogP contribution is -1.89. The van der Waals surface area contributed by atoms with Crippen LogP contribution < -0.4 is 11.5 Å². The Hall–Kier alpha value is -1.98. The third-order valence-corrected chi connectivity index (χ3v) is 5.13. The van der Waals surface area contributed by atoms with Gasteiger partial charge in [0.15, 0.2) is 0 Å². The summed E-state index contributed by atoms with van der Waals surface area (Å²) < 4.78 is 0. The summed E-state index contributed by atoms with van der Waals surface area (Å²) in [7, 11) is 0. The Morgan fingerprint density at radius 3 is 1.88 bits per heavy atom. The largest absolute Gasteiger partial charge is 0.384 e. The standard InChI is InChI=1S/2C9H6Cl2N2/c10-7-1-5-3-9(12)13-4-6(5)2-8(7)11;10-7-2-1-5-4-13-8(12)3-6(5)9(7)11/h2*1-4H,(H2,12,13). The first-order chi connectivity index (χ1) is 12.3. The van der Waals surface area contributed by atoms with Crippen LogP contribution in [0.5, 0.6) is 0 Å². The lowest BCUT2D eigenvalue weighted by molar-refractivity contribution is 1.37. The van der Waals surface area contributed by atoms with Crippen molar-refractivity contribution in [3.8, 4) is 0 Å². The Morgan fingerprint density at radius 1 is 0.615 bits per heavy atom. The highest BCUT2D eigenvalue weighted by atomic mass is 35.5. The molecule has 0 aliphatic rings. The van der Waals surface area contributed by atoms with Crippen LogP contribution in [-0.2, 0) is 0 Å². The van der Waals surface area contributed by atoms with Crippen LogP contribution in [0.25, 0.3) is 21.5 Å². The molecule has 4 nitrogen and oxygen atoms in total. The molecule has 0 unspecified atom stereocenters. The monoisotopic (exact) mass is 424 g/mol. The van der Waals surface area contributed by atoms with Crippen molar-refractivity contribution in [1.29, 1.82) is 0 Å². The minimum atomic E-state index is 0.441. The number of halogens is 4. The maximum Gasteiger partial charge on any atom is 0.123 e. The van der Waals surface area contributed by atoms with Crippen LogP contribution in [0.3, 0.4) is 0 Å². The number of hydrogen-bond donors (Lipinski definition) is 2. The third-order valence-electron chi connectivity index (χ3n) is 3.59. The summed E-state index contributed by atoms with van der Waals surface area (Å²) in [5.74, 6) is 0.919. The zero-order valence-electron chi connectivity index (χ0n) is 13.2. The molecule has 132 valence electrons. The highest BCUT2D eigenvalue weighted by Gasteiger charge is 2.04. The summed E-state index contributed by atoms with van der Waals surface area (Å²) in [5.41, 5.74) is 11.1. The van der Waals surface area contributed by atoms with E-state index < -0.39 is 0 Å². The molecular formula is C18H12Cl4N4. The SMILES string of the molecule is Nc1cc2c(Cl)c(Cl)ccc2cn1.Nc1cc2cc(Cl)c(Cl)cc2cn1. The van der Waals surface area contributed by atoms with E-state index in [1.165, 1.54) is 0 Å². The van der Waals surface area contributed by atoms with Gasteiger partial charge in [-0.15, -0.1) is 0 Å². The van der Waals surface area contributed by atoms with Crippen molar-refractivity contribution >= 4 is 79.6 Å². The van der Waals surface area contributed by atoms with Crippen molar-refractivity contribution < 1.29 is 0 Å². The van der Waals surface area contributed by atoms with Crippen LogP contribution in [0, 0.1) is 0 Å². The van der Waals surface area contributed by atoms with Crippen LogP contribution in [0.2, 0.25) is 20.1 Å². The van der Waals surface area contributed by atoms with Gasteiger partial charge in [-0.25, -0.2) is 9.97 Å². The van der Waals surface area contributed by atoms with Gasteiger partial charge >= 0.3 is 0 Å². The van der Waals surface area contributed by atoms with E-state index in [0.717, 1.165) is 21.5 Å². The molecule has 26 heavy (non-hydrogen) atoms. The highest BCUT2D eigenvalue weighted by molar-refractivity contribution is 6.45. The number of nitrogens with two attached hydrogens (primary N) is 2. The van der Waals surface area contributed by atoms with Gasteiger partial charge in [0, 0.05) is 28.6 Å². The molecule has 2 heterocycles. The van der Waals surface area contributed by atoms with Gasteiger partial charge in [0.1, 0.15) is 11.6 Å². The average molecular weight is 426 g/mol. The van der Waals surface area contributed by atoms with Crippen LogP contribution in [-0.4, -0.2) is 9.97 Å². The summed E-state index contributed by atoms with van der Waals surface area (Å²) in [4.78, 5) is 7.91. The summed E-state index contributed by atoms with van der Waals surface area (Å²) in [6.45, 7) is 0. The predicted octanol–water partition coefficient (Wildman–Crippen LogP) is 6.25. The second kappa shape index (κ2) is 7.72. The Balaban J connectivity index is 0.000000151. The van der Waals surface area contributed by atoms with E-state index in [4.69, 9.17) is 57.9 Å². The number of rotatable bonds is 0. The van der Waals surface area contributed by atoms with Crippen LogP contribution >= 0.6 is 46.4 Å². The number of pyridine rings is 2. The summed E-state index contributed by atoms with van der Waals surface area (Å²) in [6, 6.07) is 10.6. The second-order valence-electron chi connectivity index (χ2n) is 5.41. The van der Waals surface area contributed by atoms with Gasteiger partial charge in [0.25, 0.3) is 0 Å². The first-order valence-corrected chi connectivity index (χ1v) is 8.86. The molecule has 0 bridgehead atoms. The lowest BCUT2D eigenvalue weighted by atomic mass is 10.2. The number of hydrogen-bond acceptors (Lipinski definition) is 4. The average Bonchev–Trinajstić information content (AvgIpc) is 2.61. The van der Waals surface area contributed by atoms with E-state index in [1.807, 2.05) is 6.07 Å². The van der Waals surface area contributed by atoms with Gasteiger partial charge in [-0.1, -0.05) is 52.5 Å². The minimum Gasteiger partial charge on any atom is -0.384 e. The van der Waals surface area contributed by atoms with Crippen LogP contribution in [0.4, 0.5) is 11.6 Å². The molecule has 2 aromatic heterocycles. The first kappa shape index (κ1) is 18.8. The maximum absolute atomic E-state index is 5.98. The van der Waals surface area contributed by atoms with Crippen LogP contribution in [0.1, 0.15) is 0 Å². The first-order valence-electron chi connectivity index (χ1n) is 7.34. The minimum absolute atomic E-state index is 0.441. The molecule has 0 saturated carbocycles. The van der Waals surface area contributed by atoms with Gasteiger partial charge in [-0.05, 0) is 35.7 Å². The normalized spacial score (nSPS) is 10.6. The van der Waals surface area contributed by atoms with E-state index >= 15 is 0 Å². The van der Waals surface area contributed by atoms with Gasteiger partial charge < -0.3 is 11.5 Å². The van der Waals surface area contributed by atoms with Crippen molar-refractivity contribution in [2.24, 2.45) is 0 Å². The van der Waals surface area contributed by atoms with Crippen molar-refractivity contribution in [1.82, 2.24) is 9.97 Å². The fourth-order valence-electron chi connectivity index (χ4n) is 2.32. The smallest absolute Gasteiger partial charge is 0.123 e. The number of nitrogens with zero attached hydrogens (tertiary/aromatic N) is 2. The van der Waals surface area contributed by atoms with Crippen molar-refractivity contribution in [2.45, 2.75) is 0 Å². The fraction of sp³-hybridized carbons (Fsp3) is 0. The Kier molecular flexibility index (Phi) is 5.58. The third kappa shape index (κ3) is 4.05. The van der Waals surface area contributed by atoms with Crippen molar-refractivity contribution in [3.05, 3.63) is 68.9 Å². The molecule has 4 N–H and O–H groups in total. The van der Waals surface area contributed by atoms with E-state index in [9.17, 15) is 0 Å². The molecule has 4 aromatic rings. The fourth-order valence-corrected chi connectivity index (χ4v) is 3.06. The van der Waals surface area contributed by atoms with E-state index in [2.05, 4.69) is 9.97 Å². The molecule has 2 aromatic carbocycles. The van der Waals surface area contributed by atoms with Crippen molar-refractivity contribution in [3.63, 3.8) is 0 Å². The molecule has 0 radical (unpaired) electrons. The highest BCUT2D eigenvalue weighted by Crippen LogP contribution is 2.31. The molecular weight excluding hydrogens is 414 g/mol. The molecule has 0 amide bonds. The number of nitrogen functional groups attached to an aromatic ring is 2. The van der Waals surface area contributed by atoms with Gasteiger partial charge in [0.05, 0.1) is 20.1 Å². The molecule has 0 spiro atoms. The van der Waals surface area contributed by atoms with Gasteiger partial charge in [-0.3, -0.25) is 0 Å². The number of fused-ring (bicyclic) bond motifs is 2.